The van der Waals surface area contributed by atoms with Crippen molar-refractivity contribution in [3.63, 3.8) is 0 Å². The summed E-state index contributed by atoms with van der Waals surface area (Å²) in [5, 5.41) is 3.40. The van der Waals surface area contributed by atoms with E-state index in [0.29, 0.717) is 12.0 Å². The van der Waals surface area contributed by atoms with Gasteiger partial charge in [0.25, 0.3) is 0 Å². The van der Waals surface area contributed by atoms with Crippen molar-refractivity contribution in [1.29, 1.82) is 0 Å². The van der Waals surface area contributed by atoms with Crippen LogP contribution in [0.3, 0.4) is 0 Å². The highest BCUT2D eigenvalue weighted by molar-refractivity contribution is 7.17. The average Bonchev–Trinajstić information content (AvgIpc) is 3.05. The van der Waals surface area contributed by atoms with Gasteiger partial charge in [0, 0.05) is 19.7 Å². The number of nitrogens with zero attached hydrogens (tertiary/aromatic N) is 3. The van der Waals surface area contributed by atoms with Gasteiger partial charge in [-0.05, 0) is 43.6 Å². The fraction of sp³-hybridized carbons (Fsp3) is 0.647. The molecule has 22 heavy (non-hydrogen) atoms. The van der Waals surface area contributed by atoms with Crippen molar-refractivity contribution in [2.45, 2.75) is 46.6 Å². The topological polar surface area (TPSA) is 38.2 Å². The number of hydrogen-bond acceptors (Lipinski definition) is 5. The highest BCUT2D eigenvalue weighted by atomic mass is 32.1. The molecule has 3 heterocycles. The van der Waals surface area contributed by atoms with E-state index in [0.717, 1.165) is 49.0 Å². The summed E-state index contributed by atoms with van der Waals surface area (Å²) in [6.45, 7) is 11.4. The standard InChI is InChI=1S/C17H25N3OS/c1-11(2)6-8-21-14-5-7-20(9-14)16-15-12(3)10-22-17(15)19-13(4)18-16/h10-11,14H,5-9H2,1-4H3. The van der Waals surface area contributed by atoms with Crippen LogP contribution in [0.1, 0.15) is 38.1 Å². The number of rotatable bonds is 5. The van der Waals surface area contributed by atoms with Crippen molar-refractivity contribution < 1.29 is 4.74 Å². The summed E-state index contributed by atoms with van der Waals surface area (Å²) in [6.07, 6.45) is 2.56. The summed E-state index contributed by atoms with van der Waals surface area (Å²) < 4.78 is 6.04. The third kappa shape index (κ3) is 3.25. The first kappa shape index (κ1) is 15.7. The molecule has 1 atom stereocenters. The van der Waals surface area contributed by atoms with Crippen molar-refractivity contribution in [2.24, 2.45) is 5.92 Å². The minimum Gasteiger partial charge on any atom is -0.376 e. The zero-order valence-corrected chi connectivity index (χ0v) is 14.7. The quantitative estimate of drug-likeness (QED) is 0.836. The molecule has 0 radical (unpaired) electrons. The Bertz CT molecular complexity index is 653. The summed E-state index contributed by atoms with van der Waals surface area (Å²) in [6, 6.07) is 0. The SMILES string of the molecule is Cc1nc(N2CCC(OCCC(C)C)C2)c2c(C)csc2n1. The first-order valence-electron chi connectivity index (χ1n) is 8.13. The van der Waals surface area contributed by atoms with Gasteiger partial charge in [-0.2, -0.15) is 0 Å². The van der Waals surface area contributed by atoms with Crippen molar-refractivity contribution in [3.8, 4) is 0 Å². The second-order valence-corrected chi connectivity index (χ2v) is 7.46. The Morgan fingerprint density at radius 1 is 1.36 bits per heavy atom. The van der Waals surface area contributed by atoms with Gasteiger partial charge in [0.2, 0.25) is 0 Å². The molecule has 0 saturated carbocycles. The molecule has 120 valence electrons. The highest BCUT2D eigenvalue weighted by Gasteiger charge is 2.26. The van der Waals surface area contributed by atoms with E-state index in [2.05, 4.69) is 36.0 Å². The smallest absolute Gasteiger partial charge is 0.141 e. The Hall–Kier alpha value is -1.20. The largest absolute Gasteiger partial charge is 0.376 e. The third-order valence-electron chi connectivity index (χ3n) is 4.20. The van der Waals surface area contributed by atoms with Crippen molar-refractivity contribution in [3.05, 3.63) is 16.8 Å². The molecule has 0 spiro atoms. The lowest BCUT2D eigenvalue weighted by Crippen LogP contribution is -2.24. The van der Waals surface area contributed by atoms with Crippen molar-refractivity contribution >= 4 is 27.4 Å². The van der Waals surface area contributed by atoms with Gasteiger partial charge < -0.3 is 9.64 Å². The molecular formula is C17H25N3OS. The number of ether oxygens (including phenoxy) is 1. The lowest BCUT2D eigenvalue weighted by molar-refractivity contribution is 0.0609. The number of hydrogen-bond donors (Lipinski definition) is 0. The maximum absolute atomic E-state index is 6.04. The Kier molecular flexibility index (Phi) is 4.64. The molecule has 1 aliphatic heterocycles. The average molecular weight is 319 g/mol. The summed E-state index contributed by atoms with van der Waals surface area (Å²) in [5.41, 5.74) is 1.28. The maximum atomic E-state index is 6.04. The minimum absolute atomic E-state index is 0.336. The van der Waals surface area contributed by atoms with Crippen LogP contribution in [0.15, 0.2) is 5.38 Å². The molecule has 0 aromatic carbocycles. The fourth-order valence-electron chi connectivity index (χ4n) is 2.92. The number of aryl methyl sites for hydroxylation is 2. The summed E-state index contributed by atoms with van der Waals surface area (Å²) in [7, 11) is 0. The van der Waals surface area contributed by atoms with Gasteiger partial charge in [-0.3, -0.25) is 0 Å². The van der Waals surface area contributed by atoms with E-state index in [9.17, 15) is 0 Å². The second-order valence-electron chi connectivity index (χ2n) is 6.60. The predicted octanol–water partition coefficient (Wildman–Crippen LogP) is 3.95. The maximum Gasteiger partial charge on any atom is 0.141 e. The van der Waals surface area contributed by atoms with E-state index >= 15 is 0 Å². The van der Waals surface area contributed by atoms with E-state index in [4.69, 9.17) is 9.72 Å². The number of thiophene rings is 1. The lowest BCUT2D eigenvalue weighted by Gasteiger charge is -2.19. The first-order chi connectivity index (χ1) is 10.5. The van der Waals surface area contributed by atoms with E-state index < -0.39 is 0 Å². The van der Waals surface area contributed by atoms with Gasteiger partial charge in [-0.25, -0.2) is 9.97 Å². The van der Waals surface area contributed by atoms with Crippen LogP contribution >= 0.6 is 11.3 Å². The summed E-state index contributed by atoms with van der Waals surface area (Å²) in [4.78, 5) is 12.8. The van der Waals surface area contributed by atoms with Crippen LogP contribution in [0.5, 0.6) is 0 Å². The molecule has 5 heteroatoms. The molecule has 0 aliphatic carbocycles. The molecule has 2 aromatic rings. The minimum atomic E-state index is 0.336. The number of fused-ring (bicyclic) bond motifs is 1. The van der Waals surface area contributed by atoms with Gasteiger partial charge in [0.15, 0.2) is 0 Å². The zero-order valence-electron chi connectivity index (χ0n) is 13.9. The van der Waals surface area contributed by atoms with E-state index in [1.54, 1.807) is 11.3 Å². The molecule has 1 fully saturated rings. The third-order valence-corrected chi connectivity index (χ3v) is 5.19. The van der Waals surface area contributed by atoms with Gasteiger partial charge in [0.1, 0.15) is 16.5 Å². The number of anilines is 1. The van der Waals surface area contributed by atoms with Crippen LogP contribution in [0.25, 0.3) is 10.2 Å². The summed E-state index contributed by atoms with van der Waals surface area (Å²) in [5.74, 6) is 2.65. The number of aromatic nitrogens is 2. The zero-order chi connectivity index (χ0) is 15.7. The molecular weight excluding hydrogens is 294 g/mol. The molecule has 0 bridgehead atoms. The van der Waals surface area contributed by atoms with Crippen molar-refractivity contribution in [1.82, 2.24) is 9.97 Å². The summed E-state index contributed by atoms with van der Waals surface area (Å²) >= 11 is 1.71. The van der Waals surface area contributed by atoms with Gasteiger partial charge in [-0.15, -0.1) is 11.3 Å². The normalized spacial score (nSPS) is 18.8. The van der Waals surface area contributed by atoms with E-state index in [-0.39, 0.29) is 0 Å². The Morgan fingerprint density at radius 2 is 2.18 bits per heavy atom. The molecule has 1 saturated heterocycles. The monoisotopic (exact) mass is 319 g/mol. The molecule has 0 amide bonds. The van der Waals surface area contributed by atoms with Gasteiger partial charge in [-0.1, -0.05) is 13.8 Å². The molecule has 0 N–H and O–H groups in total. The van der Waals surface area contributed by atoms with Gasteiger partial charge >= 0.3 is 0 Å². The molecule has 4 nitrogen and oxygen atoms in total. The van der Waals surface area contributed by atoms with E-state index in [1.165, 1.54) is 10.9 Å². The Labute approximate surface area is 136 Å². The van der Waals surface area contributed by atoms with Crippen LogP contribution in [0, 0.1) is 19.8 Å². The Balaban J connectivity index is 1.74. The van der Waals surface area contributed by atoms with E-state index in [1.807, 2.05) is 6.92 Å². The molecule has 3 rings (SSSR count). The second kappa shape index (κ2) is 6.50. The van der Waals surface area contributed by atoms with Gasteiger partial charge in [0.05, 0.1) is 11.5 Å². The Morgan fingerprint density at radius 3 is 2.95 bits per heavy atom. The van der Waals surface area contributed by atoms with Crippen LogP contribution in [0.4, 0.5) is 5.82 Å². The van der Waals surface area contributed by atoms with Crippen LogP contribution in [-0.4, -0.2) is 35.8 Å². The molecule has 1 unspecified atom stereocenters. The molecule has 1 aliphatic rings. The fourth-order valence-corrected chi connectivity index (χ4v) is 3.88. The predicted molar refractivity (Wildman–Crippen MR) is 92.9 cm³/mol. The van der Waals surface area contributed by atoms with Crippen LogP contribution in [-0.2, 0) is 4.74 Å². The lowest BCUT2D eigenvalue weighted by atomic mass is 10.1. The van der Waals surface area contributed by atoms with Crippen molar-refractivity contribution in [2.75, 3.05) is 24.6 Å². The molecule has 2 aromatic heterocycles. The van der Waals surface area contributed by atoms with Crippen LogP contribution in [0.2, 0.25) is 0 Å². The van der Waals surface area contributed by atoms with Crippen LogP contribution < -0.4 is 4.90 Å². The first-order valence-corrected chi connectivity index (χ1v) is 9.01. The highest BCUT2D eigenvalue weighted by Crippen LogP contribution is 2.33.